The molecule has 0 radical (unpaired) electrons. The molecule has 0 spiro atoms. The van der Waals surface area contributed by atoms with Gasteiger partial charge in [0.2, 0.25) is 0 Å². The Morgan fingerprint density at radius 1 is 1.36 bits per heavy atom. The summed E-state index contributed by atoms with van der Waals surface area (Å²) in [5, 5.41) is 2.78. The van der Waals surface area contributed by atoms with Gasteiger partial charge in [-0.1, -0.05) is 30.3 Å². The fourth-order valence-corrected chi connectivity index (χ4v) is 2.40. The van der Waals surface area contributed by atoms with Crippen molar-refractivity contribution < 1.29 is 14.3 Å². The summed E-state index contributed by atoms with van der Waals surface area (Å²) in [5.74, 6) is 0. The first-order valence-corrected chi connectivity index (χ1v) is 7.77. The zero-order valence-corrected chi connectivity index (χ0v) is 13.7. The first kappa shape index (κ1) is 16.8. The maximum absolute atomic E-state index is 11.7. The minimum Gasteiger partial charge on any atom is -0.444 e. The summed E-state index contributed by atoms with van der Waals surface area (Å²) in [5.41, 5.74) is 0.819. The molecule has 1 amide bonds. The van der Waals surface area contributed by atoms with E-state index in [9.17, 15) is 4.79 Å². The molecule has 1 aromatic rings. The number of ether oxygens (including phenoxy) is 2. The highest BCUT2D eigenvalue weighted by Crippen LogP contribution is 2.11. The molecular formula is C17H26N2O3. The number of carbonyl (C=O) groups is 1. The van der Waals surface area contributed by atoms with Gasteiger partial charge in [-0.25, -0.2) is 4.79 Å². The summed E-state index contributed by atoms with van der Waals surface area (Å²) in [7, 11) is 0. The van der Waals surface area contributed by atoms with E-state index in [-0.39, 0.29) is 6.10 Å². The fourth-order valence-electron chi connectivity index (χ4n) is 2.40. The quantitative estimate of drug-likeness (QED) is 0.928. The van der Waals surface area contributed by atoms with Gasteiger partial charge in [-0.15, -0.1) is 0 Å². The van der Waals surface area contributed by atoms with Crippen LogP contribution in [0, 0.1) is 0 Å². The molecule has 5 heteroatoms. The second-order valence-corrected chi connectivity index (χ2v) is 6.60. The molecule has 1 aromatic carbocycles. The van der Waals surface area contributed by atoms with E-state index in [0.717, 1.165) is 19.6 Å². The van der Waals surface area contributed by atoms with Crippen LogP contribution in [0.1, 0.15) is 26.3 Å². The average Bonchev–Trinajstić information content (AvgIpc) is 2.45. The van der Waals surface area contributed by atoms with Gasteiger partial charge in [-0.05, 0) is 26.3 Å². The first-order valence-electron chi connectivity index (χ1n) is 7.77. The van der Waals surface area contributed by atoms with Crippen molar-refractivity contribution in [2.45, 2.75) is 39.0 Å². The second-order valence-electron chi connectivity index (χ2n) is 6.60. The van der Waals surface area contributed by atoms with Crippen molar-refractivity contribution >= 4 is 6.09 Å². The molecule has 1 aliphatic rings. The smallest absolute Gasteiger partial charge is 0.407 e. The Morgan fingerprint density at radius 2 is 2.09 bits per heavy atom. The molecule has 2 rings (SSSR count). The third kappa shape index (κ3) is 6.03. The SMILES string of the molecule is CC(C)(C)OC(=O)NC[C@@H]1CN(Cc2ccccc2)CCO1. The van der Waals surface area contributed by atoms with Crippen LogP contribution in [0.4, 0.5) is 4.79 Å². The van der Waals surface area contributed by atoms with Crippen molar-refractivity contribution in [1.82, 2.24) is 10.2 Å². The number of hydrogen-bond donors (Lipinski definition) is 1. The van der Waals surface area contributed by atoms with Gasteiger partial charge in [0, 0.05) is 26.2 Å². The zero-order chi connectivity index (χ0) is 16.0. The molecule has 0 unspecified atom stereocenters. The van der Waals surface area contributed by atoms with Crippen LogP contribution in [0.15, 0.2) is 30.3 Å². The summed E-state index contributed by atoms with van der Waals surface area (Å²) in [6, 6.07) is 10.4. The van der Waals surface area contributed by atoms with E-state index in [1.54, 1.807) is 0 Å². The molecule has 1 aliphatic heterocycles. The normalized spacial score (nSPS) is 19.7. The van der Waals surface area contributed by atoms with E-state index in [1.807, 2.05) is 26.8 Å². The standard InChI is InChI=1S/C17H26N2O3/c1-17(2,3)22-16(20)18-11-15-13-19(9-10-21-15)12-14-7-5-4-6-8-14/h4-8,15H,9-13H2,1-3H3,(H,18,20)/t15-/m1/s1. The Morgan fingerprint density at radius 3 is 2.77 bits per heavy atom. The van der Waals surface area contributed by atoms with Gasteiger partial charge in [-0.3, -0.25) is 4.90 Å². The molecule has 0 saturated carbocycles. The van der Waals surface area contributed by atoms with Crippen molar-refractivity contribution in [2.75, 3.05) is 26.2 Å². The number of nitrogens with one attached hydrogen (secondary N) is 1. The Kier molecular flexibility index (Phi) is 5.80. The van der Waals surface area contributed by atoms with Crippen molar-refractivity contribution in [3.05, 3.63) is 35.9 Å². The molecule has 1 fully saturated rings. The summed E-state index contributed by atoms with van der Waals surface area (Å²) < 4.78 is 10.9. The maximum atomic E-state index is 11.7. The fraction of sp³-hybridized carbons (Fsp3) is 0.588. The third-order valence-electron chi connectivity index (χ3n) is 3.34. The maximum Gasteiger partial charge on any atom is 0.407 e. The van der Waals surface area contributed by atoms with E-state index in [4.69, 9.17) is 9.47 Å². The largest absolute Gasteiger partial charge is 0.444 e. The number of carbonyl (C=O) groups excluding carboxylic acids is 1. The van der Waals surface area contributed by atoms with Crippen LogP contribution in [0.3, 0.4) is 0 Å². The van der Waals surface area contributed by atoms with Crippen LogP contribution >= 0.6 is 0 Å². The molecule has 0 aromatic heterocycles. The second kappa shape index (κ2) is 7.61. The third-order valence-corrected chi connectivity index (χ3v) is 3.34. The lowest BCUT2D eigenvalue weighted by Crippen LogP contribution is -2.47. The van der Waals surface area contributed by atoms with Crippen molar-refractivity contribution in [2.24, 2.45) is 0 Å². The van der Waals surface area contributed by atoms with Crippen LogP contribution in [0.25, 0.3) is 0 Å². The summed E-state index contributed by atoms with van der Waals surface area (Å²) in [6.45, 7) is 9.35. The van der Waals surface area contributed by atoms with Crippen molar-refractivity contribution in [3.63, 3.8) is 0 Å². The molecular weight excluding hydrogens is 280 g/mol. The molecule has 122 valence electrons. The van der Waals surface area contributed by atoms with Gasteiger partial charge < -0.3 is 14.8 Å². The number of rotatable bonds is 4. The number of alkyl carbamates (subject to hydrolysis) is 1. The number of hydrogen-bond acceptors (Lipinski definition) is 4. The predicted molar refractivity (Wildman–Crippen MR) is 85.7 cm³/mol. The Balaban J connectivity index is 1.75. The van der Waals surface area contributed by atoms with Gasteiger partial charge in [0.15, 0.2) is 0 Å². The minimum atomic E-state index is -0.475. The highest BCUT2D eigenvalue weighted by atomic mass is 16.6. The molecule has 1 N–H and O–H groups in total. The highest BCUT2D eigenvalue weighted by molar-refractivity contribution is 5.67. The van der Waals surface area contributed by atoms with Crippen molar-refractivity contribution in [1.29, 1.82) is 0 Å². The minimum absolute atomic E-state index is 0.00461. The van der Waals surface area contributed by atoms with Gasteiger partial charge >= 0.3 is 6.09 Å². The van der Waals surface area contributed by atoms with Crippen LogP contribution in [0.2, 0.25) is 0 Å². The Labute approximate surface area is 132 Å². The Hall–Kier alpha value is -1.59. The Bertz CT molecular complexity index is 471. The zero-order valence-electron chi connectivity index (χ0n) is 13.7. The van der Waals surface area contributed by atoms with E-state index >= 15 is 0 Å². The van der Waals surface area contributed by atoms with Crippen LogP contribution in [-0.2, 0) is 16.0 Å². The predicted octanol–water partition coefficient (Wildman–Crippen LogP) is 2.41. The summed E-state index contributed by atoms with van der Waals surface area (Å²) >= 11 is 0. The van der Waals surface area contributed by atoms with E-state index in [1.165, 1.54) is 5.56 Å². The first-order chi connectivity index (χ1) is 10.4. The molecule has 5 nitrogen and oxygen atoms in total. The van der Waals surface area contributed by atoms with Gasteiger partial charge in [0.1, 0.15) is 5.60 Å². The van der Waals surface area contributed by atoms with E-state index in [2.05, 4.69) is 34.5 Å². The van der Waals surface area contributed by atoms with Gasteiger partial charge in [0.05, 0.1) is 12.7 Å². The lowest BCUT2D eigenvalue weighted by molar-refractivity contribution is -0.0313. The topological polar surface area (TPSA) is 50.8 Å². The molecule has 0 bridgehead atoms. The molecule has 1 saturated heterocycles. The van der Waals surface area contributed by atoms with Gasteiger partial charge in [0.25, 0.3) is 0 Å². The molecule has 0 aliphatic carbocycles. The highest BCUT2D eigenvalue weighted by Gasteiger charge is 2.22. The average molecular weight is 306 g/mol. The number of morpholine rings is 1. The number of benzene rings is 1. The molecule has 1 heterocycles. The van der Waals surface area contributed by atoms with Crippen molar-refractivity contribution in [3.8, 4) is 0 Å². The van der Waals surface area contributed by atoms with Crippen LogP contribution in [-0.4, -0.2) is 48.9 Å². The summed E-state index contributed by atoms with van der Waals surface area (Å²) in [6.07, 6.45) is -0.388. The van der Waals surface area contributed by atoms with Gasteiger partial charge in [-0.2, -0.15) is 0 Å². The monoisotopic (exact) mass is 306 g/mol. The lowest BCUT2D eigenvalue weighted by Gasteiger charge is -2.33. The van der Waals surface area contributed by atoms with E-state index < -0.39 is 11.7 Å². The lowest BCUT2D eigenvalue weighted by atomic mass is 10.2. The molecule has 1 atom stereocenters. The van der Waals surface area contributed by atoms with E-state index in [0.29, 0.717) is 13.2 Å². The molecule has 22 heavy (non-hydrogen) atoms. The number of amides is 1. The van der Waals surface area contributed by atoms with Crippen LogP contribution < -0.4 is 5.32 Å². The van der Waals surface area contributed by atoms with Crippen LogP contribution in [0.5, 0.6) is 0 Å². The number of nitrogens with zero attached hydrogens (tertiary/aromatic N) is 1. The summed E-state index contributed by atoms with van der Waals surface area (Å²) in [4.78, 5) is 14.0.